The van der Waals surface area contributed by atoms with Gasteiger partial charge in [0, 0.05) is 26.4 Å². The zero-order chi connectivity index (χ0) is 22.6. The van der Waals surface area contributed by atoms with E-state index in [1.165, 1.54) is 30.8 Å². The molecule has 0 amide bonds. The van der Waals surface area contributed by atoms with Crippen LogP contribution in [0.15, 0.2) is 47.4 Å². The fourth-order valence-corrected chi connectivity index (χ4v) is 5.72. The van der Waals surface area contributed by atoms with E-state index in [1.54, 1.807) is 0 Å². The number of carbonyl (C=O) groups excluding carboxylic acids is 1. The van der Waals surface area contributed by atoms with Crippen LogP contribution in [-0.4, -0.2) is 57.1 Å². The van der Waals surface area contributed by atoms with Crippen LogP contribution in [0, 0.1) is 0 Å². The Morgan fingerprint density at radius 2 is 1.74 bits per heavy atom. The molecule has 1 saturated heterocycles. The Labute approximate surface area is 195 Å². The number of benzene rings is 2. The number of rotatable bonds is 8. The van der Waals surface area contributed by atoms with Gasteiger partial charge in [-0.1, -0.05) is 53.5 Å². The van der Waals surface area contributed by atoms with Gasteiger partial charge in [0.25, 0.3) is 0 Å². The number of Topliss-reactive ketones (excluding diaryl/α,β-unsaturated/α-hetero) is 1. The van der Waals surface area contributed by atoms with E-state index >= 15 is 0 Å². The van der Waals surface area contributed by atoms with Crippen LogP contribution in [0.4, 0.5) is 0 Å². The lowest BCUT2D eigenvalue weighted by atomic mass is 9.89. The number of ketones is 1. The summed E-state index contributed by atoms with van der Waals surface area (Å²) in [5, 5.41) is 0.169. The molecule has 0 aliphatic carbocycles. The van der Waals surface area contributed by atoms with Gasteiger partial charge in [-0.15, -0.1) is 0 Å². The van der Waals surface area contributed by atoms with E-state index in [0.717, 1.165) is 35.8 Å². The molecule has 1 fully saturated rings. The maximum atomic E-state index is 12.8. The van der Waals surface area contributed by atoms with Gasteiger partial charge in [-0.2, -0.15) is 0 Å². The van der Waals surface area contributed by atoms with Crippen LogP contribution >= 0.6 is 23.2 Å². The van der Waals surface area contributed by atoms with Crippen LogP contribution in [0.1, 0.15) is 36.3 Å². The van der Waals surface area contributed by atoms with Crippen molar-refractivity contribution >= 4 is 39.0 Å². The summed E-state index contributed by atoms with van der Waals surface area (Å²) >= 11 is 12.0. The van der Waals surface area contributed by atoms with Crippen LogP contribution in [0.2, 0.25) is 10.0 Å². The normalized spacial score (nSPS) is 16.0. The van der Waals surface area contributed by atoms with Gasteiger partial charge in [0.2, 0.25) is 10.0 Å². The first-order valence-corrected chi connectivity index (χ1v) is 12.6. The molecule has 2 aromatic carbocycles. The Bertz CT molecular complexity index is 1020. The Morgan fingerprint density at radius 3 is 2.39 bits per heavy atom. The Balaban J connectivity index is 1.54. The summed E-state index contributed by atoms with van der Waals surface area (Å²) in [4.78, 5) is 14.7. The van der Waals surface area contributed by atoms with E-state index in [9.17, 15) is 13.2 Å². The maximum absolute atomic E-state index is 12.8. The predicted molar refractivity (Wildman–Crippen MR) is 126 cm³/mol. The van der Waals surface area contributed by atoms with E-state index in [1.807, 2.05) is 12.1 Å². The number of piperidine rings is 1. The number of halogens is 2. The van der Waals surface area contributed by atoms with Crippen molar-refractivity contribution in [2.75, 3.05) is 33.7 Å². The fourth-order valence-electron chi connectivity index (χ4n) is 3.82. The molecule has 1 heterocycles. The molecule has 0 spiro atoms. The minimum absolute atomic E-state index is 0.00737. The summed E-state index contributed by atoms with van der Waals surface area (Å²) < 4.78 is 26.6. The third-order valence-corrected chi connectivity index (χ3v) is 8.71. The molecule has 8 heteroatoms. The van der Waals surface area contributed by atoms with Crippen molar-refractivity contribution in [1.29, 1.82) is 0 Å². The van der Waals surface area contributed by atoms with Crippen molar-refractivity contribution in [2.45, 2.75) is 36.5 Å². The second-order valence-electron chi connectivity index (χ2n) is 8.16. The zero-order valence-electron chi connectivity index (χ0n) is 17.9. The van der Waals surface area contributed by atoms with Crippen LogP contribution < -0.4 is 0 Å². The second-order valence-corrected chi connectivity index (χ2v) is 11.0. The molecule has 0 unspecified atom stereocenters. The number of likely N-dealkylation sites (tertiary alicyclic amines) is 1. The number of hydrogen-bond acceptors (Lipinski definition) is 4. The van der Waals surface area contributed by atoms with Gasteiger partial charge in [0.1, 0.15) is 10.7 Å². The first-order chi connectivity index (χ1) is 14.7. The molecule has 1 aliphatic rings. The van der Waals surface area contributed by atoms with Gasteiger partial charge in [0.15, 0.2) is 0 Å². The van der Waals surface area contributed by atoms with Crippen LogP contribution in [0.3, 0.4) is 0 Å². The lowest BCUT2D eigenvalue weighted by Crippen LogP contribution is -2.29. The van der Waals surface area contributed by atoms with Gasteiger partial charge in [-0.3, -0.25) is 4.79 Å². The molecule has 0 aromatic heterocycles. The van der Waals surface area contributed by atoms with Gasteiger partial charge < -0.3 is 4.90 Å². The highest BCUT2D eigenvalue weighted by Crippen LogP contribution is 2.31. The van der Waals surface area contributed by atoms with E-state index in [-0.39, 0.29) is 33.7 Å². The largest absolute Gasteiger partial charge is 0.306 e. The third-order valence-electron chi connectivity index (χ3n) is 5.88. The molecule has 31 heavy (non-hydrogen) atoms. The predicted octanol–water partition coefficient (Wildman–Crippen LogP) is 4.63. The van der Waals surface area contributed by atoms with Gasteiger partial charge in [-0.25, -0.2) is 12.7 Å². The molecule has 0 radical (unpaired) electrons. The average Bonchev–Trinajstić information content (AvgIpc) is 2.75. The fraction of sp³-hybridized carbons (Fsp3) is 0.435. The van der Waals surface area contributed by atoms with E-state index in [0.29, 0.717) is 12.3 Å². The van der Waals surface area contributed by atoms with E-state index in [4.69, 9.17) is 23.2 Å². The molecule has 2 aromatic rings. The van der Waals surface area contributed by atoms with Crippen molar-refractivity contribution < 1.29 is 13.2 Å². The first kappa shape index (κ1) is 24.2. The van der Waals surface area contributed by atoms with Crippen molar-refractivity contribution in [3.63, 3.8) is 0 Å². The van der Waals surface area contributed by atoms with Crippen LogP contribution in [-0.2, 0) is 21.2 Å². The number of carbonyl (C=O) groups is 1. The molecular formula is C23H28Cl2N2O3S. The number of sulfonamides is 1. The lowest BCUT2D eigenvalue weighted by molar-refractivity contribution is -0.118. The second kappa shape index (κ2) is 10.5. The summed E-state index contributed by atoms with van der Waals surface area (Å²) in [5.74, 6) is 0.574. The van der Waals surface area contributed by atoms with Crippen molar-refractivity contribution in [3.8, 4) is 0 Å². The molecule has 3 rings (SSSR count). The van der Waals surface area contributed by atoms with Crippen LogP contribution in [0.5, 0.6) is 0 Å². The molecular weight excluding hydrogens is 455 g/mol. The maximum Gasteiger partial charge on any atom is 0.244 e. The summed E-state index contributed by atoms with van der Waals surface area (Å²) in [6, 6.07) is 12.7. The summed E-state index contributed by atoms with van der Waals surface area (Å²) in [5.41, 5.74) is 2.28. The van der Waals surface area contributed by atoms with Crippen molar-refractivity contribution in [2.24, 2.45) is 0 Å². The van der Waals surface area contributed by atoms with E-state index in [2.05, 4.69) is 24.1 Å². The van der Waals surface area contributed by atoms with Gasteiger partial charge in [0.05, 0.1) is 10.0 Å². The third kappa shape index (κ3) is 6.08. The van der Waals surface area contributed by atoms with Gasteiger partial charge in [-0.05, 0) is 62.2 Å². The molecule has 0 atom stereocenters. The van der Waals surface area contributed by atoms with Crippen LogP contribution in [0.25, 0.3) is 0 Å². The highest BCUT2D eigenvalue weighted by Gasteiger charge is 2.25. The summed E-state index contributed by atoms with van der Waals surface area (Å²) in [6.07, 6.45) is 2.74. The average molecular weight is 483 g/mol. The molecule has 0 N–H and O–H groups in total. The Kier molecular flexibility index (Phi) is 8.16. The van der Waals surface area contributed by atoms with Crippen molar-refractivity contribution in [3.05, 3.63) is 63.6 Å². The highest BCUT2D eigenvalue weighted by molar-refractivity contribution is 7.89. The molecule has 168 valence electrons. The monoisotopic (exact) mass is 482 g/mol. The standard InChI is InChI=1S/C23H28Cl2N2O3S/c1-26-13-10-19(11-14-26)18-8-6-17(7-9-18)16-20(28)12-15-27(2)31(29,30)22-5-3-4-21(24)23(22)25/h3-9,19H,10-16H2,1-2H3. The minimum atomic E-state index is -3.82. The smallest absolute Gasteiger partial charge is 0.244 e. The lowest BCUT2D eigenvalue weighted by Gasteiger charge is -2.29. The number of nitrogens with zero attached hydrogens (tertiary/aromatic N) is 2. The summed E-state index contributed by atoms with van der Waals surface area (Å²) in [7, 11) is -0.231. The molecule has 1 aliphatic heterocycles. The topological polar surface area (TPSA) is 57.7 Å². The summed E-state index contributed by atoms with van der Waals surface area (Å²) in [6.45, 7) is 2.31. The Hall–Kier alpha value is -1.44. The Morgan fingerprint density at radius 1 is 1.10 bits per heavy atom. The first-order valence-electron chi connectivity index (χ1n) is 10.4. The zero-order valence-corrected chi connectivity index (χ0v) is 20.2. The van der Waals surface area contributed by atoms with Gasteiger partial charge >= 0.3 is 0 Å². The highest BCUT2D eigenvalue weighted by atomic mass is 35.5. The quantitative estimate of drug-likeness (QED) is 0.550. The molecule has 0 bridgehead atoms. The molecule has 5 nitrogen and oxygen atoms in total. The van der Waals surface area contributed by atoms with E-state index < -0.39 is 10.0 Å². The SMILES string of the molecule is CN1CCC(c2ccc(CC(=O)CCN(C)S(=O)(=O)c3cccc(Cl)c3Cl)cc2)CC1. The molecule has 0 saturated carbocycles. The van der Waals surface area contributed by atoms with Crippen molar-refractivity contribution in [1.82, 2.24) is 9.21 Å². The number of hydrogen-bond donors (Lipinski definition) is 0. The minimum Gasteiger partial charge on any atom is -0.306 e.